The number of carbonyl (C=O) groups is 1. The zero-order chi connectivity index (χ0) is 18.6. The van der Waals surface area contributed by atoms with Crippen LogP contribution >= 0.6 is 11.3 Å². The number of benzene rings is 2. The van der Waals surface area contributed by atoms with Crippen molar-refractivity contribution in [2.75, 3.05) is 13.1 Å². The standard InChI is InChI=1S/C24H27NOS/c1-2-8-21-20-11-6-7-12-22(20)27-23(21)24(26)25-15-13-19(14-16-25)17-18-9-4-3-5-10-18/h3-7,9-12,19H,2,8,13-17H2,1H3. The molecule has 0 bridgehead atoms. The average molecular weight is 378 g/mol. The molecule has 1 saturated heterocycles. The van der Waals surface area contributed by atoms with E-state index in [1.807, 2.05) is 0 Å². The van der Waals surface area contributed by atoms with Gasteiger partial charge in [0.05, 0.1) is 4.88 Å². The molecule has 0 spiro atoms. The molecule has 1 amide bonds. The first-order chi connectivity index (χ1) is 13.3. The largest absolute Gasteiger partial charge is 0.338 e. The Labute approximate surface area is 165 Å². The van der Waals surface area contributed by atoms with Crippen LogP contribution in [0.25, 0.3) is 10.1 Å². The summed E-state index contributed by atoms with van der Waals surface area (Å²) in [5, 5.41) is 1.27. The van der Waals surface area contributed by atoms with Crippen molar-refractivity contribution in [2.45, 2.75) is 39.0 Å². The number of aryl methyl sites for hydroxylation is 1. The normalized spacial score (nSPS) is 15.4. The first-order valence-corrected chi connectivity index (χ1v) is 10.9. The number of likely N-dealkylation sites (tertiary alicyclic amines) is 1. The summed E-state index contributed by atoms with van der Waals surface area (Å²) < 4.78 is 1.24. The average Bonchev–Trinajstić information content (AvgIpc) is 3.08. The summed E-state index contributed by atoms with van der Waals surface area (Å²) >= 11 is 1.68. The Morgan fingerprint density at radius 2 is 1.74 bits per heavy atom. The predicted molar refractivity (Wildman–Crippen MR) is 115 cm³/mol. The van der Waals surface area contributed by atoms with Crippen LogP contribution in [0.4, 0.5) is 0 Å². The van der Waals surface area contributed by atoms with Crippen LogP contribution in [0.5, 0.6) is 0 Å². The Bertz CT molecular complexity index is 907. The van der Waals surface area contributed by atoms with Gasteiger partial charge in [0, 0.05) is 17.8 Å². The van der Waals surface area contributed by atoms with E-state index in [1.165, 1.54) is 21.2 Å². The van der Waals surface area contributed by atoms with Gasteiger partial charge in [-0.15, -0.1) is 11.3 Å². The summed E-state index contributed by atoms with van der Waals surface area (Å²) in [7, 11) is 0. The van der Waals surface area contributed by atoms with Crippen LogP contribution in [0.15, 0.2) is 54.6 Å². The Morgan fingerprint density at radius 3 is 2.48 bits per heavy atom. The Morgan fingerprint density at radius 1 is 1.04 bits per heavy atom. The lowest BCUT2D eigenvalue weighted by atomic mass is 9.90. The van der Waals surface area contributed by atoms with Gasteiger partial charge in [0.15, 0.2) is 0 Å². The Hall–Kier alpha value is -2.13. The second-order valence-corrected chi connectivity index (χ2v) is 8.63. The molecule has 0 unspecified atom stereocenters. The maximum absolute atomic E-state index is 13.3. The zero-order valence-corrected chi connectivity index (χ0v) is 16.8. The molecule has 0 aliphatic carbocycles. The molecular formula is C24H27NOS. The maximum Gasteiger partial charge on any atom is 0.264 e. The van der Waals surface area contributed by atoms with Gasteiger partial charge in [-0.3, -0.25) is 4.79 Å². The topological polar surface area (TPSA) is 20.3 Å². The van der Waals surface area contributed by atoms with E-state index in [1.54, 1.807) is 11.3 Å². The summed E-state index contributed by atoms with van der Waals surface area (Å²) in [4.78, 5) is 16.3. The van der Waals surface area contributed by atoms with Gasteiger partial charge >= 0.3 is 0 Å². The first-order valence-electron chi connectivity index (χ1n) is 10.1. The Kier molecular flexibility index (Phi) is 5.58. The van der Waals surface area contributed by atoms with Gasteiger partial charge in [0.1, 0.15) is 0 Å². The monoisotopic (exact) mass is 377 g/mol. The van der Waals surface area contributed by atoms with Gasteiger partial charge in [-0.25, -0.2) is 0 Å². The third-order valence-electron chi connectivity index (χ3n) is 5.66. The number of hydrogen-bond donors (Lipinski definition) is 0. The van der Waals surface area contributed by atoms with Crippen molar-refractivity contribution in [1.29, 1.82) is 0 Å². The highest BCUT2D eigenvalue weighted by atomic mass is 32.1. The number of fused-ring (bicyclic) bond motifs is 1. The zero-order valence-electron chi connectivity index (χ0n) is 16.0. The predicted octanol–water partition coefficient (Wildman–Crippen LogP) is 5.95. The quantitative estimate of drug-likeness (QED) is 0.538. The third-order valence-corrected chi connectivity index (χ3v) is 6.86. The number of hydrogen-bond acceptors (Lipinski definition) is 2. The van der Waals surface area contributed by atoms with Crippen LogP contribution < -0.4 is 0 Å². The second-order valence-electron chi connectivity index (χ2n) is 7.58. The molecule has 0 radical (unpaired) electrons. The highest BCUT2D eigenvalue weighted by Crippen LogP contribution is 2.34. The van der Waals surface area contributed by atoms with Crippen molar-refractivity contribution in [3.05, 3.63) is 70.6 Å². The minimum Gasteiger partial charge on any atom is -0.338 e. The van der Waals surface area contributed by atoms with E-state index in [0.717, 1.165) is 50.1 Å². The molecule has 1 aromatic heterocycles. The van der Waals surface area contributed by atoms with E-state index in [2.05, 4.69) is 66.4 Å². The van der Waals surface area contributed by atoms with Crippen molar-refractivity contribution in [3.63, 3.8) is 0 Å². The summed E-state index contributed by atoms with van der Waals surface area (Å²) in [5.74, 6) is 0.937. The van der Waals surface area contributed by atoms with E-state index in [9.17, 15) is 4.79 Å². The molecule has 2 nitrogen and oxygen atoms in total. The molecule has 1 fully saturated rings. The lowest BCUT2D eigenvalue weighted by Gasteiger charge is -2.32. The molecule has 27 heavy (non-hydrogen) atoms. The summed E-state index contributed by atoms with van der Waals surface area (Å²) in [5.41, 5.74) is 2.67. The highest BCUT2D eigenvalue weighted by Gasteiger charge is 2.27. The number of nitrogens with zero attached hydrogens (tertiary/aromatic N) is 1. The van der Waals surface area contributed by atoms with Gasteiger partial charge in [-0.1, -0.05) is 61.9 Å². The number of thiophene rings is 1. The fourth-order valence-corrected chi connectivity index (χ4v) is 5.42. The molecule has 140 valence electrons. The van der Waals surface area contributed by atoms with Crippen molar-refractivity contribution < 1.29 is 4.79 Å². The molecule has 0 atom stereocenters. The van der Waals surface area contributed by atoms with Crippen molar-refractivity contribution >= 4 is 27.3 Å². The van der Waals surface area contributed by atoms with E-state index >= 15 is 0 Å². The van der Waals surface area contributed by atoms with E-state index < -0.39 is 0 Å². The minimum absolute atomic E-state index is 0.248. The number of rotatable bonds is 5. The van der Waals surface area contributed by atoms with Crippen molar-refractivity contribution in [3.8, 4) is 0 Å². The molecule has 0 saturated carbocycles. The smallest absolute Gasteiger partial charge is 0.264 e. The van der Waals surface area contributed by atoms with Crippen LogP contribution in [0.2, 0.25) is 0 Å². The number of amides is 1. The molecule has 4 rings (SSSR count). The van der Waals surface area contributed by atoms with E-state index in [-0.39, 0.29) is 5.91 Å². The van der Waals surface area contributed by atoms with Crippen molar-refractivity contribution in [2.24, 2.45) is 5.92 Å². The van der Waals surface area contributed by atoms with E-state index in [4.69, 9.17) is 0 Å². The molecule has 1 aliphatic rings. The molecule has 3 aromatic rings. The van der Waals surface area contributed by atoms with Crippen LogP contribution in [0, 0.1) is 5.92 Å². The molecule has 2 aromatic carbocycles. The lowest BCUT2D eigenvalue weighted by Crippen LogP contribution is -2.38. The first kappa shape index (κ1) is 18.2. The van der Waals surface area contributed by atoms with Crippen LogP contribution in [0.3, 0.4) is 0 Å². The van der Waals surface area contributed by atoms with Gasteiger partial charge < -0.3 is 4.90 Å². The van der Waals surface area contributed by atoms with Gasteiger partial charge in [-0.05, 0) is 54.2 Å². The minimum atomic E-state index is 0.248. The molecule has 3 heteroatoms. The SMILES string of the molecule is CCCc1c(C(=O)N2CCC(Cc3ccccc3)CC2)sc2ccccc12. The molecular weight excluding hydrogens is 350 g/mol. The second kappa shape index (κ2) is 8.26. The maximum atomic E-state index is 13.3. The van der Waals surface area contributed by atoms with Crippen LogP contribution in [0.1, 0.15) is 47.0 Å². The summed E-state index contributed by atoms with van der Waals surface area (Å²) in [6.45, 7) is 3.96. The van der Waals surface area contributed by atoms with E-state index in [0.29, 0.717) is 5.92 Å². The van der Waals surface area contributed by atoms with Gasteiger partial charge in [0.2, 0.25) is 0 Å². The van der Waals surface area contributed by atoms with Crippen molar-refractivity contribution in [1.82, 2.24) is 4.90 Å². The Balaban J connectivity index is 1.46. The lowest BCUT2D eigenvalue weighted by molar-refractivity contribution is 0.0694. The number of piperidine rings is 1. The molecule has 0 N–H and O–H groups in total. The molecule has 1 aliphatic heterocycles. The van der Waals surface area contributed by atoms with Crippen LogP contribution in [-0.2, 0) is 12.8 Å². The number of carbonyl (C=O) groups excluding carboxylic acids is 1. The summed E-state index contributed by atoms with van der Waals surface area (Å²) in [6.07, 6.45) is 5.39. The van der Waals surface area contributed by atoms with Gasteiger partial charge in [-0.2, -0.15) is 0 Å². The van der Waals surface area contributed by atoms with Gasteiger partial charge in [0.25, 0.3) is 5.91 Å². The molecule has 2 heterocycles. The van der Waals surface area contributed by atoms with Crippen LogP contribution in [-0.4, -0.2) is 23.9 Å². The summed E-state index contributed by atoms with van der Waals surface area (Å²) in [6, 6.07) is 19.2. The highest BCUT2D eigenvalue weighted by molar-refractivity contribution is 7.21. The third kappa shape index (κ3) is 3.93. The fourth-order valence-electron chi connectivity index (χ4n) is 4.20. The fraction of sp³-hybridized carbons (Fsp3) is 0.375.